The third kappa shape index (κ3) is 3.89. The topological polar surface area (TPSA) is 113 Å². The Bertz CT molecular complexity index is 935. The number of rotatable bonds is 7. The molecule has 0 radical (unpaired) electrons. The first-order valence-electron chi connectivity index (χ1n) is 10.2. The number of amides is 2. The molecule has 0 spiro atoms. The molecule has 9 nitrogen and oxygen atoms in total. The highest BCUT2D eigenvalue weighted by atomic mass is 16.5. The van der Waals surface area contributed by atoms with Gasteiger partial charge in [-0.15, -0.1) is 0 Å². The van der Waals surface area contributed by atoms with Gasteiger partial charge in [0.05, 0.1) is 19.6 Å². The van der Waals surface area contributed by atoms with Crippen molar-refractivity contribution in [1.82, 2.24) is 19.7 Å². The van der Waals surface area contributed by atoms with E-state index < -0.39 is 12.0 Å². The first-order valence-corrected chi connectivity index (χ1v) is 10.2. The number of carbonyl (C=O) groups excluding carboxylic acids is 2. The third-order valence-corrected chi connectivity index (χ3v) is 5.44. The lowest BCUT2D eigenvalue weighted by Gasteiger charge is -2.41. The van der Waals surface area contributed by atoms with Crippen LogP contribution >= 0.6 is 0 Å². The molecule has 160 valence electrons. The molecule has 2 aromatic rings. The van der Waals surface area contributed by atoms with E-state index >= 15 is 0 Å². The van der Waals surface area contributed by atoms with E-state index in [0.29, 0.717) is 11.6 Å². The molecule has 1 saturated carbocycles. The zero-order chi connectivity index (χ0) is 21.4. The van der Waals surface area contributed by atoms with Gasteiger partial charge in [0.15, 0.2) is 11.6 Å². The standard InChI is InChI=1S/C21H27N5O4/c1-12(2)26-21(23-17(24-26)10-16(22)27)20-19(13-4-8-15(29-3)9-5-13)25(14-6-7-14)18(28)11-30-20/h4-5,8-9,12,14,19-20H,6-7,10-11H2,1-3H3,(H2,22,27)/t19-,20+/m1/s1. The van der Waals surface area contributed by atoms with Crippen molar-refractivity contribution >= 4 is 11.8 Å². The minimum atomic E-state index is -0.506. The third-order valence-electron chi connectivity index (χ3n) is 5.44. The number of nitrogens with two attached hydrogens (primary N) is 1. The molecule has 9 heteroatoms. The Morgan fingerprint density at radius 1 is 1.30 bits per heavy atom. The van der Waals surface area contributed by atoms with Crippen LogP contribution in [0.1, 0.15) is 62.1 Å². The Kier molecular flexibility index (Phi) is 5.46. The maximum absolute atomic E-state index is 12.8. The fraction of sp³-hybridized carbons (Fsp3) is 0.524. The number of hydrogen-bond donors (Lipinski definition) is 1. The molecule has 1 saturated heterocycles. The number of carbonyl (C=O) groups is 2. The van der Waals surface area contributed by atoms with E-state index in [9.17, 15) is 9.59 Å². The molecule has 2 heterocycles. The van der Waals surface area contributed by atoms with Gasteiger partial charge < -0.3 is 20.1 Å². The van der Waals surface area contributed by atoms with Gasteiger partial charge in [-0.05, 0) is 44.4 Å². The first kappa shape index (κ1) is 20.3. The summed E-state index contributed by atoms with van der Waals surface area (Å²) in [5.74, 6) is 1.18. The SMILES string of the molecule is COc1ccc([C@@H]2[C@@H](c3nc(CC(N)=O)nn3C(C)C)OCC(=O)N2C2CC2)cc1. The van der Waals surface area contributed by atoms with E-state index in [4.69, 9.17) is 15.2 Å². The van der Waals surface area contributed by atoms with Gasteiger partial charge in [0.25, 0.3) is 0 Å². The van der Waals surface area contributed by atoms with E-state index in [1.165, 1.54) is 0 Å². The van der Waals surface area contributed by atoms with Crippen LogP contribution in [-0.4, -0.2) is 51.2 Å². The number of methoxy groups -OCH3 is 1. The molecule has 30 heavy (non-hydrogen) atoms. The highest BCUT2D eigenvalue weighted by molar-refractivity contribution is 5.79. The molecule has 2 atom stereocenters. The molecule has 2 aliphatic rings. The molecule has 1 aromatic carbocycles. The Morgan fingerprint density at radius 3 is 2.57 bits per heavy atom. The van der Waals surface area contributed by atoms with Crippen LogP contribution in [-0.2, 0) is 20.7 Å². The van der Waals surface area contributed by atoms with Crippen LogP contribution in [0.25, 0.3) is 0 Å². The number of primary amides is 1. The number of aromatic nitrogens is 3. The van der Waals surface area contributed by atoms with Crippen LogP contribution in [0.3, 0.4) is 0 Å². The van der Waals surface area contributed by atoms with Crippen molar-refractivity contribution in [3.63, 3.8) is 0 Å². The number of hydrogen-bond acceptors (Lipinski definition) is 6. The molecule has 2 fully saturated rings. The van der Waals surface area contributed by atoms with E-state index in [1.54, 1.807) is 11.8 Å². The molecular weight excluding hydrogens is 386 g/mol. The van der Waals surface area contributed by atoms with E-state index in [2.05, 4.69) is 10.1 Å². The molecule has 1 aliphatic carbocycles. The average Bonchev–Trinajstić information content (AvgIpc) is 3.47. The summed E-state index contributed by atoms with van der Waals surface area (Å²) < 4.78 is 13.1. The molecule has 0 unspecified atom stereocenters. The molecule has 0 bridgehead atoms. The van der Waals surface area contributed by atoms with Crippen molar-refractivity contribution in [3.8, 4) is 5.75 Å². The second kappa shape index (κ2) is 8.06. The number of benzene rings is 1. The quantitative estimate of drug-likeness (QED) is 0.739. The largest absolute Gasteiger partial charge is 0.497 e. The summed E-state index contributed by atoms with van der Waals surface area (Å²) >= 11 is 0. The monoisotopic (exact) mass is 413 g/mol. The minimum Gasteiger partial charge on any atom is -0.497 e. The van der Waals surface area contributed by atoms with Gasteiger partial charge in [-0.3, -0.25) is 9.59 Å². The lowest BCUT2D eigenvalue weighted by Crippen LogP contribution is -2.47. The lowest BCUT2D eigenvalue weighted by molar-refractivity contribution is -0.160. The fourth-order valence-electron chi connectivity index (χ4n) is 3.95. The molecule has 2 amide bonds. The fourth-order valence-corrected chi connectivity index (χ4v) is 3.95. The molecule has 4 rings (SSSR count). The average molecular weight is 413 g/mol. The van der Waals surface area contributed by atoms with Crippen molar-refractivity contribution < 1.29 is 19.1 Å². The normalized spacial score (nSPS) is 21.9. The predicted octanol–water partition coefficient (Wildman–Crippen LogP) is 1.70. The Labute approximate surface area is 175 Å². The van der Waals surface area contributed by atoms with Crippen LogP contribution in [0.2, 0.25) is 0 Å². The highest BCUT2D eigenvalue weighted by Crippen LogP contribution is 2.45. The van der Waals surface area contributed by atoms with E-state index in [-0.39, 0.29) is 37.1 Å². The van der Waals surface area contributed by atoms with Crippen molar-refractivity contribution in [2.75, 3.05) is 13.7 Å². The van der Waals surface area contributed by atoms with Crippen LogP contribution in [0.4, 0.5) is 0 Å². The number of nitrogens with zero attached hydrogens (tertiary/aromatic N) is 4. The van der Waals surface area contributed by atoms with Gasteiger partial charge in [0, 0.05) is 12.1 Å². The van der Waals surface area contributed by atoms with E-state index in [0.717, 1.165) is 24.2 Å². The van der Waals surface area contributed by atoms with Gasteiger partial charge in [-0.2, -0.15) is 5.10 Å². The second-order valence-electron chi connectivity index (χ2n) is 8.05. The summed E-state index contributed by atoms with van der Waals surface area (Å²) in [5.41, 5.74) is 6.29. The van der Waals surface area contributed by atoms with Crippen molar-refractivity contribution in [2.24, 2.45) is 5.73 Å². The summed E-state index contributed by atoms with van der Waals surface area (Å²) in [6, 6.07) is 7.53. The van der Waals surface area contributed by atoms with E-state index in [1.807, 2.05) is 43.0 Å². The smallest absolute Gasteiger partial charge is 0.249 e. The summed E-state index contributed by atoms with van der Waals surface area (Å²) in [4.78, 5) is 30.8. The van der Waals surface area contributed by atoms with Crippen LogP contribution in [0, 0.1) is 0 Å². The Hall–Kier alpha value is -2.94. The zero-order valence-corrected chi connectivity index (χ0v) is 17.4. The molecule has 1 aliphatic heterocycles. The van der Waals surface area contributed by atoms with Gasteiger partial charge in [0.1, 0.15) is 18.5 Å². The Morgan fingerprint density at radius 2 is 2.00 bits per heavy atom. The predicted molar refractivity (Wildman–Crippen MR) is 108 cm³/mol. The minimum absolute atomic E-state index is 0.00115. The molecule has 2 N–H and O–H groups in total. The van der Waals surface area contributed by atoms with Gasteiger partial charge in [-0.25, -0.2) is 9.67 Å². The van der Waals surface area contributed by atoms with Crippen molar-refractivity contribution in [1.29, 1.82) is 0 Å². The number of morpholine rings is 1. The first-order chi connectivity index (χ1) is 14.4. The maximum atomic E-state index is 12.8. The second-order valence-corrected chi connectivity index (χ2v) is 8.05. The summed E-state index contributed by atoms with van der Waals surface area (Å²) in [6.07, 6.45) is 1.41. The van der Waals surface area contributed by atoms with Crippen LogP contribution in [0.5, 0.6) is 5.75 Å². The van der Waals surface area contributed by atoms with Gasteiger partial charge in [-0.1, -0.05) is 12.1 Å². The summed E-state index contributed by atoms with van der Waals surface area (Å²) in [5, 5.41) is 4.49. The molecular formula is C21H27N5O4. The van der Waals surface area contributed by atoms with Crippen LogP contribution in [0.15, 0.2) is 24.3 Å². The Balaban J connectivity index is 1.78. The summed E-state index contributed by atoms with van der Waals surface area (Å²) in [7, 11) is 1.62. The lowest BCUT2D eigenvalue weighted by atomic mass is 9.96. The molecule has 1 aromatic heterocycles. The van der Waals surface area contributed by atoms with Gasteiger partial charge >= 0.3 is 0 Å². The van der Waals surface area contributed by atoms with Crippen molar-refractivity contribution in [2.45, 2.75) is 57.3 Å². The van der Waals surface area contributed by atoms with Gasteiger partial charge in [0.2, 0.25) is 11.8 Å². The zero-order valence-electron chi connectivity index (χ0n) is 17.4. The van der Waals surface area contributed by atoms with Crippen LogP contribution < -0.4 is 10.5 Å². The van der Waals surface area contributed by atoms with Crippen molar-refractivity contribution in [3.05, 3.63) is 41.5 Å². The maximum Gasteiger partial charge on any atom is 0.249 e. The number of ether oxygens (including phenoxy) is 2. The highest BCUT2D eigenvalue weighted by Gasteiger charge is 2.47. The summed E-state index contributed by atoms with van der Waals surface area (Å²) in [6.45, 7) is 3.96.